The highest BCUT2D eigenvalue weighted by Crippen LogP contribution is 2.30. The maximum atomic E-state index is 12.1. The van der Waals surface area contributed by atoms with E-state index in [-0.39, 0.29) is 12.1 Å². The van der Waals surface area contributed by atoms with E-state index < -0.39 is 0 Å². The number of carbonyl (C=O) groups is 1. The Morgan fingerprint density at radius 2 is 1.90 bits per heavy atom. The molecule has 2 aromatic carbocycles. The first kappa shape index (κ1) is 13.8. The standard InChI is InChI=1S/C16H14BrN3O/c17-13-8-4-7-12(9-13)14-15(18)19-16(21)20(14)10-11-5-2-1-3-6-11/h1-9,14H,10H2,(H2,18,19,21). The van der Waals surface area contributed by atoms with Crippen LogP contribution in [0, 0.1) is 0 Å². The second kappa shape index (κ2) is 5.69. The topological polar surface area (TPSA) is 58.7 Å². The van der Waals surface area contributed by atoms with Crippen LogP contribution in [0.1, 0.15) is 17.2 Å². The Morgan fingerprint density at radius 1 is 1.14 bits per heavy atom. The van der Waals surface area contributed by atoms with Gasteiger partial charge in [0.25, 0.3) is 0 Å². The highest BCUT2D eigenvalue weighted by molar-refractivity contribution is 9.10. The molecule has 0 saturated carbocycles. The molecule has 3 rings (SSSR count). The van der Waals surface area contributed by atoms with Crippen molar-refractivity contribution in [3.8, 4) is 0 Å². The number of nitrogens with two attached hydrogens (primary N) is 1. The van der Waals surface area contributed by atoms with Crippen molar-refractivity contribution in [1.29, 1.82) is 0 Å². The van der Waals surface area contributed by atoms with E-state index in [2.05, 4.69) is 20.9 Å². The van der Waals surface area contributed by atoms with Gasteiger partial charge < -0.3 is 10.6 Å². The molecule has 2 amide bonds. The fourth-order valence-electron chi connectivity index (χ4n) is 2.47. The van der Waals surface area contributed by atoms with Gasteiger partial charge >= 0.3 is 6.03 Å². The van der Waals surface area contributed by atoms with Gasteiger partial charge in [-0.25, -0.2) is 4.79 Å². The molecule has 21 heavy (non-hydrogen) atoms. The van der Waals surface area contributed by atoms with Gasteiger partial charge in [-0.2, -0.15) is 4.99 Å². The first-order valence-electron chi connectivity index (χ1n) is 6.59. The molecule has 0 spiro atoms. The third kappa shape index (κ3) is 2.83. The number of carbonyl (C=O) groups excluding carboxylic acids is 1. The van der Waals surface area contributed by atoms with Crippen LogP contribution in [0.4, 0.5) is 4.79 Å². The summed E-state index contributed by atoms with van der Waals surface area (Å²) in [6.07, 6.45) is 0. The van der Waals surface area contributed by atoms with E-state index in [1.165, 1.54) is 0 Å². The average Bonchev–Trinajstić information content (AvgIpc) is 2.74. The van der Waals surface area contributed by atoms with Gasteiger partial charge in [0.2, 0.25) is 0 Å². The van der Waals surface area contributed by atoms with Gasteiger partial charge in [0.15, 0.2) is 0 Å². The minimum atomic E-state index is -0.310. The minimum absolute atomic E-state index is 0.290. The van der Waals surface area contributed by atoms with Crippen molar-refractivity contribution in [1.82, 2.24) is 4.90 Å². The van der Waals surface area contributed by atoms with Crippen molar-refractivity contribution >= 4 is 27.8 Å². The van der Waals surface area contributed by atoms with Gasteiger partial charge in [-0.05, 0) is 23.3 Å². The van der Waals surface area contributed by atoms with Crippen molar-refractivity contribution in [2.24, 2.45) is 10.7 Å². The SMILES string of the molecule is NC1=NC(=O)N(Cc2ccccc2)C1c1cccc(Br)c1. The van der Waals surface area contributed by atoms with Gasteiger partial charge in [0.05, 0.1) is 0 Å². The zero-order valence-corrected chi connectivity index (χ0v) is 12.8. The lowest BCUT2D eigenvalue weighted by Gasteiger charge is -2.24. The van der Waals surface area contributed by atoms with Crippen LogP contribution < -0.4 is 5.73 Å². The number of hydrogen-bond acceptors (Lipinski definition) is 2. The fourth-order valence-corrected chi connectivity index (χ4v) is 2.89. The van der Waals surface area contributed by atoms with Gasteiger partial charge in [-0.3, -0.25) is 0 Å². The summed E-state index contributed by atoms with van der Waals surface area (Å²) in [4.78, 5) is 17.7. The third-order valence-electron chi connectivity index (χ3n) is 3.42. The summed E-state index contributed by atoms with van der Waals surface area (Å²) in [5, 5.41) is 0. The number of benzene rings is 2. The largest absolute Gasteiger partial charge is 0.385 e. The molecule has 1 aliphatic heterocycles. The number of rotatable bonds is 3. The summed E-state index contributed by atoms with van der Waals surface area (Å²) < 4.78 is 0.951. The Morgan fingerprint density at radius 3 is 2.62 bits per heavy atom. The van der Waals surface area contributed by atoms with Crippen LogP contribution in [0.5, 0.6) is 0 Å². The molecular formula is C16H14BrN3O. The fraction of sp³-hybridized carbons (Fsp3) is 0.125. The lowest BCUT2D eigenvalue weighted by Crippen LogP contribution is -2.32. The first-order valence-corrected chi connectivity index (χ1v) is 7.38. The summed E-state index contributed by atoms with van der Waals surface area (Å²) >= 11 is 3.45. The van der Waals surface area contributed by atoms with E-state index in [0.29, 0.717) is 12.4 Å². The number of amides is 2. The second-order valence-electron chi connectivity index (χ2n) is 4.89. The van der Waals surface area contributed by atoms with Crippen LogP contribution in [0.2, 0.25) is 0 Å². The summed E-state index contributed by atoms with van der Waals surface area (Å²) in [6.45, 7) is 0.487. The Kier molecular flexibility index (Phi) is 3.75. The average molecular weight is 344 g/mol. The number of hydrogen-bond donors (Lipinski definition) is 1. The van der Waals surface area contributed by atoms with Crippen LogP contribution in [0.25, 0.3) is 0 Å². The van der Waals surface area contributed by atoms with E-state index in [1.807, 2.05) is 54.6 Å². The molecule has 0 fully saturated rings. The molecule has 4 nitrogen and oxygen atoms in total. The highest BCUT2D eigenvalue weighted by atomic mass is 79.9. The zero-order valence-electron chi connectivity index (χ0n) is 11.2. The zero-order chi connectivity index (χ0) is 14.8. The number of aliphatic imine (C=N–C) groups is 1. The molecule has 106 valence electrons. The quantitative estimate of drug-likeness (QED) is 0.927. The van der Waals surface area contributed by atoms with Gasteiger partial charge in [-0.15, -0.1) is 0 Å². The van der Waals surface area contributed by atoms with E-state index in [9.17, 15) is 4.79 Å². The smallest absolute Gasteiger partial charge is 0.346 e. The number of nitrogens with zero attached hydrogens (tertiary/aromatic N) is 2. The molecule has 2 N–H and O–H groups in total. The predicted molar refractivity (Wildman–Crippen MR) is 85.9 cm³/mol. The lowest BCUT2D eigenvalue weighted by molar-refractivity contribution is 0.204. The van der Waals surface area contributed by atoms with Gasteiger partial charge in [-0.1, -0.05) is 58.4 Å². The van der Waals surface area contributed by atoms with E-state index in [4.69, 9.17) is 5.73 Å². The monoisotopic (exact) mass is 343 g/mol. The maximum Gasteiger partial charge on any atom is 0.346 e. The Labute approximate surface area is 131 Å². The normalized spacial score (nSPS) is 18.0. The molecule has 5 heteroatoms. The summed E-state index contributed by atoms with van der Waals surface area (Å²) in [6, 6.07) is 17.0. The van der Waals surface area contributed by atoms with Crippen molar-refractivity contribution in [3.63, 3.8) is 0 Å². The van der Waals surface area contributed by atoms with Crippen LogP contribution in [-0.4, -0.2) is 16.8 Å². The van der Waals surface area contributed by atoms with Crippen LogP contribution >= 0.6 is 15.9 Å². The number of halogens is 1. The molecule has 2 aromatic rings. The molecule has 1 aliphatic rings. The van der Waals surface area contributed by atoms with Crippen LogP contribution in [0.3, 0.4) is 0 Å². The van der Waals surface area contributed by atoms with E-state index in [0.717, 1.165) is 15.6 Å². The molecule has 0 aromatic heterocycles. The molecule has 0 aliphatic carbocycles. The minimum Gasteiger partial charge on any atom is -0.385 e. The Bertz CT molecular complexity index is 700. The Hall–Kier alpha value is -2.14. The number of amidine groups is 1. The predicted octanol–water partition coefficient (Wildman–Crippen LogP) is 3.48. The molecule has 0 bridgehead atoms. The van der Waals surface area contributed by atoms with Crippen LogP contribution in [0.15, 0.2) is 64.1 Å². The molecular weight excluding hydrogens is 330 g/mol. The maximum absolute atomic E-state index is 12.1. The van der Waals surface area contributed by atoms with E-state index >= 15 is 0 Å². The molecule has 1 atom stereocenters. The van der Waals surface area contributed by atoms with Gasteiger partial charge in [0, 0.05) is 11.0 Å². The Balaban J connectivity index is 1.93. The third-order valence-corrected chi connectivity index (χ3v) is 3.92. The van der Waals surface area contributed by atoms with Crippen molar-refractivity contribution in [3.05, 3.63) is 70.2 Å². The van der Waals surface area contributed by atoms with Crippen LogP contribution in [-0.2, 0) is 6.54 Å². The molecule has 0 saturated heterocycles. The molecule has 1 unspecified atom stereocenters. The summed E-state index contributed by atoms with van der Waals surface area (Å²) in [7, 11) is 0. The molecule has 0 radical (unpaired) electrons. The van der Waals surface area contributed by atoms with Crippen molar-refractivity contribution in [2.45, 2.75) is 12.6 Å². The van der Waals surface area contributed by atoms with Crippen molar-refractivity contribution < 1.29 is 4.79 Å². The van der Waals surface area contributed by atoms with Gasteiger partial charge in [0.1, 0.15) is 11.9 Å². The summed E-state index contributed by atoms with van der Waals surface area (Å²) in [5.74, 6) is 0.342. The lowest BCUT2D eigenvalue weighted by atomic mass is 10.0. The molecule has 1 heterocycles. The second-order valence-corrected chi connectivity index (χ2v) is 5.81. The van der Waals surface area contributed by atoms with Crippen molar-refractivity contribution in [2.75, 3.05) is 0 Å². The van der Waals surface area contributed by atoms with E-state index in [1.54, 1.807) is 4.90 Å². The number of urea groups is 1. The summed E-state index contributed by atoms with van der Waals surface area (Å²) in [5.41, 5.74) is 7.97. The highest BCUT2D eigenvalue weighted by Gasteiger charge is 2.34. The first-order chi connectivity index (χ1) is 10.1.